The van der Waals surface area contributed by atoms with E-state index < -0.39 is 5.41 Å². The normalized spacial score (nSPS) is 11.5. The van der Waals surface area contributed by atoms with E-state index >= 15 is 0 Å². The van der Waals surface area contributed by atoms with E-state index in [0.717, 1.165) is 32.6 Å². The number of hydrogen-bond donors (Lipinski definition) is 1. The molecule has 148 valence electrons. The Labute approximate surface area is 177 Å². The van der Waals surface area contributed by atoms with Crippen LogP contribution in [0.15, 0.2) is 23.6 Å². The van der Waals surface area contributed by atoms with Crippen LogP contribution in [0.4, 0.5) is 5.13 Å². The second kappa shape index (κ2) is 8.19. The minimum Gasteiger partial charge on any atom is -0.496 e. The number of aromatic nitrogens is 2. The lowest BCUT2D eigenvalue weighted by Crippen LogP contribution is -2.27. The fourth-order valence-corrected chi connectivity index (χ4v) is 4.52. The second-order valence-corrected chi connectivity index (χ2v) is 9.78. The summed E-state index contributed by atoms with van der Waals surface area (Å²) < 4.78 is 5.42. The first kappa shape index (κ1) is 20.8. The molecule has 0 aliphatic heterocycles. The van der Waals surface area contributed by atoms with Crippen LogP contribution in [0.5, 0.6) is 5.75 Å². The number of nitrogens with one attached hydrogen (secondary N) is 1. The van der Waals surface area contributed by atoms with E-state index in [-0.39, 0.29) is 5.91 Å². The molecule has 0 aliphatic carbocycles. The second-order valence-electron chi connectivity index (χ2n) is 7.40. The summed E-state index contributed by atoms with van der Waals surface area (Å²) in [6, 6.07) is 5.58. The van der Waals surface area contributed by atoms with Gasteiger partial charge in [-0.05, 0) is 25.1 Å². The van der Waals surface area contributed by atoms with Gasteiger partial charge >= 0.3 is 0 Å². The molecule has 3 aromatic rings. The van der Waals surface area contributed by atoms with Gasteiger partial charge in [0, 0.05) is 27.8 Å². The van der Waals surface area contributed by atoms with Gasteiger partial charge in [-0.1, -0.05) is 43.7 Å². The number of ether oxygens (including phenoxy) is 1. The van der Waals surface area contributed by atoms with E-state index in [4.69, 9.17) is 21.3 Å². The van der Waals surface area contributed by atoms with E-state index in [1.54, 1.807) is 18.4 Å². The third-order valence-electron chi connectivity index (χ3n) is 4.07. The highest BCUT2D eigenvalue weighted by molar-refractivity contribution is 7.19. The zero-order chi connectivity index (χ0) is 20.5. The highest BCUT2D eigenvalue weighted by Crippen LogP contribution is 2.35. The topological polar surface area (TPSA) is 64.1 Å². The molecule has 0 saturated carbocycles. The third-order valence-corrected chi connectivity index (χ3v) is 6.25. The van der Waals surface area contributed by atoms with E-state index in [1.807, 2.05) is 51.3 Å². The summed E-state index contributed by atoms with van der Waals surface area (Å²) >= 11 is 9.15. The van der Waals surface area contributed by atoms with Gasteiger partial charge in [-0.2, -0.15) is 0 Å². The van der Waals surface area contributed by atoms with Gasteiger partial charge in [0.25, 0.3) is 0 Å². The highest BCUT2D eigenvalue weighted by Gasteiger charge is 2.23. The Morgan fingerprint density at radius 3 is 2.71 bits per heavy atom. The first-order valence-electron chi connectivity index (χ1n) is 8.73. The third kappa shape index (κ3) is 4.71. The summed E-state index contributed by atoms with van der Waals surface area (Å²) in [6.07, 6.45) is 0.639. The molecular formula is C20H22ClN3O2S2. The van der Waals surface area contributed by atoms with E-state index in [1.165, 1.54) is 11.3 Å². The SMILES string of the molecule is COc1ccc(Cl)cc1Cc1nc(-c2sc(NC(=O)C(C)(C)C)nc2C)cs1. The molecule has 2 aromatic heterocycles. The van der Waals surface area contributed by atoms with Crippen LogP contribution in [0.1, 0.15) is 37.0 Å². The molecule has 0 atom stereocenters. The Balaban J connectivity index is 1.81. The minimum atomic E-state index is -0.469. The lowest BCUT2D eigenvalue weighted by atomic mass is 9.96. The smallest absolute Gasteiger partial charge is 0.231 e. The number of amides is 1. The van der Waals surface area contributed by atoms with Crippen LogP contribution in [0.3, 0.4) is 0 Å². The molecule has 1 amide bonds. The molecule has 0 radical (unpaired) electrons. The van der Waals surface area contributed by atoms with Crippen LogP contribution < -0.4 is 10.1 Å². The molecule has 0 saturated heterocycles. The first-order chi connectivity index (χ1) is 13.2. The van der Waals surface area contributed by atoms with Gasteiger partial charge in [0.15, 0.2) is 5.13 Å². The molecule has 5 nitrogen and oxygen atoms in total. The van der Waals surface area contributed by atoms with Crippen molar-refractivity contribution in [2.24, 2.45) is 5.41 Å². The Bertz CT molecular complexity index is 1010. The zero-order valence-electron chi connectivity index (χ0n) is 16.4. The van der Waals surface area contributed by atoms with Crippen LogP contribution in [0.2, 0.25) is 5.02 Å². The van der Waals surface area contributed by atoms with Gasteiger partial charge in [-0.25, -0.2) is 9.97 Å². The van der Waals surface area contributed by atoms with Gasteiger partial charge in [-0.3, -0.25) is 4.79 Å². The standard InChI is InChI=1S/C20H22ClN3O2S2/c1-11-17(28-19(22-11)24-18(25)20(2,3)4)14-10-27-16(23-14)9-12-8-13(21)6-7-15(12)26-5/h6-8,10H,9H2,1-5H3,(H,22,24,25). The van der Waals surface area contributed by atoms with Crippen molar-refractivity contribution in [3.05, 3.63) is 44.9 Å². The van der Waals surface area contributed by atoms with Crippen LogP contribution in [-0.4, -0.2) is 23.0 Å². The summed E-state index contributed by atoms with van der Waals surface area (Å²) in [4.78, 5) is 22.4. The molecule has 2 heterocycles. The predicted octanol–water partition coefficient (Wildman–Crippen LogP) is 5.81. The number of benzene rings is 1. The number of rotatable bonds is 5. The number of carbonyl (C=O) groups is 1. The molecule has 3 rings (SSSR count). The average molecular weight is 436 g/mol. The number of carbonyl (C=O) groups excluding carboxylic acids is 1. The van der Waals surface area contributed by atoms with Gasteiger partial charge in [-0.15, -0.1) is 11.3 Å². The number of halogens is 1. The number of anilines is 1. The molecule has 0 fully saturated rings. The molecule has 1 N–H and O–H groups in total. The predicted molar refractivity (Wildman–Crippen MR) is 117 cm³/mol. The summed E-state index contributed by atoms with van der Waals surface area (Å²) in [7, 11) is 1.65. The maximum Gasteiger partial charge on any atom is 0.231 e. The largest absolute Gasteiger partial charge is 0.496 e. The van der Waals surface area contributed by atoms with Crippen molar-refractivity contribution in [1.82, 2.24) is 9.97 Å². The van der Waals surface area contributed by atoms with Crippen LogP contribution in [-0.2, 0) is 11.2 Å². The molecule has 28 heavy (non-hydrogen) atoms. The maximum atomic E-state index is 12.2. The average Bonchev–Trinajstić information content (AvgIpc) is 3.20. The number of nitrogens with zero attached hydrogens (tertiary/aromatic N) is 2. The fourth-order valence-electron chi connectivity index (χ4n) is 2.52. The van der Waals surface area contributed by atoms with E-state index in [0.29, 0.717) is 16.6 Å². The minimum absolute atomic E-state index is 0.0557. The van der Waals surface area contributed by atoms with E-state index in [2.05, 4.69) is 10.3 Å². The first-order valence-corrected chi connectivity index (χ1v) is 10.8. The molecule has 8 heteroatoms. The number of aryl methyl sites for hydroxylation is 1. The number of hydrogen-bond acceptors (Lipinski definition) is 6. The summed E-state index contributed by atoms with van der Waals surface area (Å²) in [5.41, 5.74) is 2.25. The van der Waals surface area contributed by atoms with Crippen LogP contribution in [0, 0.1) is 12.3 Å². The molecule has 0 spiro atoms. The monoisotopic (exact) mass is 435 g/mol. The Morgan fingerprint density at radius 2 is 2.04 bits per heavy atom. The van der Waals surface area contributed by atoms with Gasteiger partial charge in [0.1, 0.15) is 5.75 Å². The molecule has 0 unspecified atom stereocenters. The van der Waals surface area contributed by atoms with Crippen molar-refractivity contribution in [3.8, 4) is 16.3 Å². The van der Waals surface area contributed by atoms with Crippen molar-refractivity contribution in [1.29, 1.82) is 0 Å². The van der Waals surface area contributed by atoms with Crippen molar-refractivity contribution < 1.29 is 9.53 Å². The zero-order valence-corrected chi connectivity index (χ0v) is 18.8. The van der Waals surface area contributed by atoms with Crippen molar-refractivity contribution in [2.45, 2.75) is 34.1 Å². The Hall–Kier alpha value is -1.96. The summed E-state index contributed by atoms with van der Waals surface area (Å²) in [6.45, 7) is 7.55. The Morgan fingerprint density at radius 1 is 1.29 bits per heavy atom. The van der Waals surface area contributed by atoms with Crippen molar-refractivity contribution in [2.75, 3.05) is 12.4 Å². The van der Waals surface area contributed by atoms with Gasteiger partial charge in [0.2, 0.25) is 5.91 Å². The summed E-state index contributed by atoms with van der Waals surface area (Å²) in [5, 5.41) is 7.14. The molecular weight excluding hydrogens is 414 g/mol. The van der Waals surface area contributed by atoms with Crippen LogP contribution in [0.25, 0.3) is 10.6 Å². The Kier molecular flexibility index (Phi) is 6.07. The number of methoxy groups -OCH3 is 1. The van der Waals surface area contributed by atoms with Crippen molar-refractivity contribution in [3.63, 3.8) is 0 Å². The van der Waals surface area contributed by atoms with E-state index in [9.17, 15) is 4.79 Å². The highest BCUT2D eigenvalue weighted by atomic mass is 35.5. The molecule has 1 aromatic carbocycles. The molecule has 0 bridgehead atoms. The quantitative estimate of drug-likeness (QED) is 0.549. The summed E-state index contributed by atoms with van der Waals surface area (Å²) in [5.74, 6) is 0.738. The maximum absolute atomic E-state index is 12.2. The van der Waals surface area contributed by atoms with Gasteiger partial charge < -0.3 is 10.1 Å². The lowest BCUT2D eigenvalue weighted by molar-refractivity contribution is -0.123. The molecule has 0 aliphatic rings. The number of thiazole rings is 2. The van der Waals surface area contributed by atoms with Crippen LogP contribution >= 0.6 is 34.3 Å². The van der Waals surface area contributed by atoms with Crippen molar-refractivity contribution >= 4 is 45.3 Å². The lowest BCUT2D eigenvalue weighted by Gasteiger charge is -2.15. The fraction of sp³-hybridized carbons (Fsp3) is 0.350. The van der Waals surface area contributed by atoms with Gasteiger partial charge in [0.05, 0.1) is 28.4 Å².